The minimum absolute atomic E-state index is 0.126. The number of carbonyl (C=O) groups is 1. The maximum absolute atomic E-state index is 12.1. The van der Waals surface area contributed by atoms with Gasteiger partial charge in [-0.1, -0.05) is 0 Å². The highest BCUT2D eigenvalue weighted by atomic mass is 16.2. The van der Waals surface area contributed by atoms with Crippen LogP contribution in [0.15, 0.2) is 0 Å². The first-order valence-corrected chi connectivity index (χ1v) is 6.05. The molecule has 0 bridgehead atoms. The first-order chi connectivity index (χ1) is 6.97. The van der Waals surface area contributed by atoms with Gasteiger partial charge in [0.2, 0.25) is 5.91 Å². The molecule has 0 aromatic heterocycles. The van der Waals surface area contributed by atoms with Crippen LogP contribution in [-0.4, -0.2) is 29.4 Å². The lowest BCUT2D eigenvalue weighted by Gasteiger charge is -2.29. The molecule has 86 valence electrons. The van der Waals surface area contributed by atoms with E-state index in [2.05, 4.69) is 0 Å². The maximum Gasteiger partial charge on any atom is 0.242 e. The van der Waals surface area contributed by atoms with Crippen LogP contribution in [0, 0.1) is 11.8 Å². The Hall–Kier alpha value is -0.570. The van der Waals surface area contributed by atoms with Crippen molar-refractivity contribution >= 4 is 5.91 Å². The Morgan fingerprint density at radius 3 is 1.87 bits per heavy atom. The Labute approximate surface area is 92.0 Å². The van der Waals surface area contributed by atoms with E-state index in [-0.39, 0.29) is 5.91 Å². The summed E-state index contributed by atoms with van der Waals surface area (Å²) in [5.74, 6) is 1.64. The van der Waals surface area contributed by atoms with Gasteiger partial charge in [0, 0.05) is 13.1 Å². The van der Waals surface area contributed by atoms with Gasteiger partial charge in [0.05, 0.1) is 5.54 Å². The van der Waals surface area contributed by atoms with Crippen molar-refractivity contribution in [3.05, 3.63) is 0 Å². The van der Waals surface area contributed by atoms with E-state index in [4.69, 9.17) is 5.73 Å². The van der Waals surface area contributed by atoms with E-state index < -0.39 is 5.54 Å². The second-order valence-electron chi connectivity index (χ2n) is 5.82. The Morgan fingerprint density at radius 1 is 1.20 bits per heavy atom. The van der Waals surface area contributed by atoms with Crippen LogP contribution in [0.3, 0.4) is 0 Å². The van der Waals surface area contributed by atoms with Gasteiger partial charge in [0.1, 0.15) is 0 Å². The molecule has 2 saturated carbocycles. The van der Waals surface area contributed by atoms with Gasteiger partial charge in [-0.25, -0.2) is 0 Å². The summed E-state index contributed by atoms with van der Waals surface area (Å²) in [6.45, 7) is 5.50. The van der Waals surface area contributed by atoms with E-state index in [1.165, 1.54) is 25.7 Å². The molecule has 2 fully saturated rings. The highest BCUT2D eigenvalue weighted by Crippen LogP contribution is 2.34. The van der Waals surface area contributed by atoms with Gasteiger partial charge in [-0.3, -0.25) is 4.79 Å². The largest absolute Gasteiger partial charge is 0.341 e. The lowest BCUT2D eigenvalue weighted by atomic mass is 10.0. The van der Waals surface area contributed by atoms with Crippen LogP contribution < -0.4 is 5.73 Å². The van der Waals surface area contributed by atoms with Crippen molar-refractivity contribution in [2.45, 2.75) is 45.1 Å². The maximum atomic E-state index is 12.1. The normalized spacial score (nSPS) is 21.5. The molecule has 3 heteroatoms. The highest BCUT2D eigenvalue weighted by molar-refractivity contribution is 5.85. The van der Waals surface area contributed by atoms with E-state index in [1.807, 2.05) is 18.7 Å². The van der Waals surface area contributed by atoms with Gasteiger partial charge in [-0.2, -0.15) is 0 Å². The summed E-state index contributed by atoms with van der Waals surface area (Å²) in [5.41, 5.74) is 5.18. The smallest absolute Gasteiger partial charge is 0.242 e. The third kappa shape index (κ3) is 3.20. The average molecular weight is 210 g/mol. The molecule has 2 aliphatic rings. The van der Waals surface area contributed by atoms with Gasteiger partial charge in [0.25, 0.3) is 0 Å². The fraction of sp³-hybridized carbons (Fsp3) is 0.917. The van der Waals surface area contributed by atoms with Crippen LogP contribution in [0.4, 0.5) is 0 Å². The lowest BCUT2D eigenvalue weighted by molar-refractivity contribution is -0.136. The summed E-state index contributed by atoms with van der Waals surface area (Å²) in [6.07, 6.45) is 5.16. The topological polar surface area (TPSA) is 46.3 Å². The van der Waals surface area contributed by atoms with Crippen LogP contribution in [0.1, 0.15) is 39.5 Å². The predicted octanol–water partition coefficient (Wildman–Crippen LogP) is 1.37. The Kier molecular flexibility index (Phi) is 2.75. The van der Waals surface area contributed by atoms with Crippen LogP contribution in [0.5, 0.6) is 0 Å². The van der Waals surface area contributed by atoms with E-state index in [9.17, 15) is 4.79 Å². The summed E-state index contributed by atoms with van der Waals surface area (Å²) >= 11 is 0. The summed E-state index contributed by atoms with van der Waals surface area (Å²) in [5, 5.41) is 0. The van der Waals surface area contributed by atoms with Crippen molar-refractivity contribution in [1.82, 2.24) is 4.90 Å². The monoisotopic (exact) mass is 210 g/mol. The number of hydrogen-bond donors (Lipinski definition) is 1. The van der Waals surface area contributed by atoms with E-state index in [1.54, 1.807) is 0 Å². The summed E-state index contributed by atoms with van der Waals surface area (Å²) in [6, 6.07) is 0. The molecule has 0 spiro atoms. The molecule has 0 saturated heterocycles. The fourth-order valence-electron chi connectivity index (χ4n) is 1.87. The van der Waals surface area contributed by atoms with Crippen LogP contribution >= 0.6 is 0 Å². The molecule has 1 amide bonds. The SMILES string of the molecule is CC(C)(N)C(=O)N(CC1CC1)CC1CC1. The molecular weight excluding hydrogens is 188 g/mol. The molecular formula is C12H22N2O. The molecule has 0 aromatic rings. The molecule has 0 atom stereocenters. The molecule has 3 nitrogen and oxygen atoms in total. The van der Waals surface area contributed by atoms with Crippen LogP contribution in [0.2, 0.25) is 0 Å². The van der Waals surface area contributed by atoms with Gasteiger partial charge in [0.15, 0.2) is 0 Å². The van der Waals surface area contributed by atoms with E-state index in [0.717, 1.165) is 24.9 Å². The first kappa shape index (κ1) is 10.9. The minimum atomic E-state index is -0.705. The first-order valence-electron chi connectivity index (χ1n) is 6.05. The molecule has 0 heterocycles. The molecule has 2 rings (SSSR count). The summed E-state index contributed by atoms with van der Waals surface area (Å²) in [7, 11) is 0. The molecule has 0 unspecified atom stereocenters. The lowest BCUT2D eigenvalue weighted by Crippen LogP contribution is -2.52. The van der Waals surface area contributed by atoms with Gasteiger partial charge in [-0.05, 0) is 51.4 Å². The van der Waals surface area contributed by atoms with Crippen LogP contribution in [-0.2, 0) is 4.79 Å². The van der Waals surface area contributed by atoms with Crippen molar-refractivity contribution < 1.29 is 4.79 Å². The Bertz CT molecular complexity index is 235. The van der Waals surface area contributed by atoms with E-state index >= 15 is 0 Å². The number of amides is 1. The molecule has 0 aromatic carbocycles. The number of nitrogens with zero attached hydrogens (tertiary/aromatic N) is 1. The molecule has 2 N–H and O–H groups in total. The summed E-state index contributed by atoms with van der Waals surface area (Å²) in [4.78, 5) is 14.1. The number of hydrogen-bond acceptors (Lipinski definition) is 2. The number of rotatable bonds is 5. The van der Waals surface area contributed by atoms with Crippen molar-refractivity contribution in [3.8, 4) is 0 Å². The quantitative estimate of drug-likeness (QED) is 0.745. The third-order valence-corrected chi connectivity index (χ3v) is 3.19. The van der Waals surface area contributed by atoms with Gasteiger partial charge >= 0.3 is 0 Å². The van der Waals surface area contributed by atoms with Crippen molar-refractivity contribution in [2.24, 2.45) is 17.6 Å². The van der Waals surface area contributed by atoms with Crippen molar-refractivity contribution in [3.63, 3.8) is 0 Å². The second-order valence-corrected chi connectivity index (χ2v) is 5.82. The molecule has 2 aliphatic carbocycles. The summed E-state index contributed by atoms with van der Waals surface area (Å²) < 4.78 is 0. The van der Waals surface area contributed by atoms with Crippen LogP contribution in [0.25, 0.3) is 0 Å². The zero-order valence-electron chi connectivity index (χ0n) is 9.83. The zero-order chi connectivity index (χ0) is 11.1. The molecule has 0 aliphatic heterocycles. The third-order valence-electron chi connectivity index (χ3n) is 3.19. The van der Waals surface area contributed by atoms with Crippen molar-refractivity contribution in [2.75, 3.05) is 13.1 Å². The van der Waals surface area contributed by atoms with E-state index in [0.29, 0.717) is 0 Å². The van der Waals surface area contributed by atoms with Gasteiger partial charge < -0.3 is 10.6 Å². The second kappa shape index (κ2) is 3.78. The minimum Gasteiger partial charge on any atom is -0.341 e. The highest BCUT2D eigenvalue weighted by Gasteiger charge is 2.35. The molecule has 0 radical (unpaired) electrons. The fourth-order valence-corrected chi connectivity index (χ4v) is 1.87. The number of nitrogens with two attached hydrogens (primary N) is 1. The zero-order valence-corrected chi connectivity index (χ0v) is 9.83. The predicted molar refractivity (Wildman–Crippen MR) is 60.3 cm³/mol. The standard InChI is InChI=1S/C12H22N2O/c1-12(2,13)11(15)14(7-9-3-4-9)8-10-5-6-10/h9-10H,3-8,13H2,1-2H3. The average Bonchev–Trinajstić information content (AvgIpc) is 2.92. The number of carbonyl (C=O) groups excluding carboxylic acids is 1. The molecule has 15 heavy (non-hydrogen) atoms. The Balaban J connectivity index is 1.92. The Morgan fingerprint density at radius 2 is 1.60 bits per heavy atom. The van der Waals surface area contributed by atoms with Gasteiger partial charge in [-0.15, -0.1) is 0 Å². The van der Waals surface area contributed by atoms with Crippen molar-refractivity contribution in [1.29, 1.82) is 0 Å².